The lowest BCUT2D eigenvalue weighted by molar-refractivity contribution is 0.415. The summed E-state index contributed by atoms with van der Waals surface area (Å²) in [5, 5.41) is 11.5. The molecule has 0 aliphatic carbocycles. The summed E-state index contributed by atoms with van der Waals surface area (Å²) in [6, 6.07) is 9.38. The zero-order valence-electron chi connectivity index (χ0n) is 10.2. The lowest BCUT2D eigenvalue weighted by atomic mass is 10.1. The zero-order valence-corrected chi connectivity index (χ0v) is 10.2. The molecule has 2 aromatic rings. The standard InChI is InChI=1S/C12H12O2.C2H6/c1-8-7-11(13)9-5-3-4-6-10(9)12(8)14-2;1-2/h3-7,13H,1-2H3;1-2H3. The number of phenolic OH excluding ortho intramolecular Hbond substituents is 1. The van der Waals surface area contributed by atoms with Crippen molar-refractivity contribution in [3.63, 3.8) is 0 Å². The van der Waals surface area contributed by atoms with Crippen LogP contribution >= 0.6 is 0 Å². The number of benzene rings is 2. The molecule has 0 aromatic heterocycles. The topological polar surface area (TPSA) is 29.5 Å². The molecule has 0 unspecified atom stereocenters. The van der Waals surface area contributed by atoms with Crippen molar-refractivity contribution in [1.82, 2.24) is 0 Å². The molecule has 2 nitrogen and oxygen atoms in total. The fourth-order valence-electron chi connectivity index (χ4n) is 1.74. The summed E-state index contributed by atoms with van der Waals surface area (Å²) in [7, 11) is 1.64. The van der Waals surface area contributed by atoms with Crippen molar-refractivity contribution in [2.75, 3.05) is 7.11 Å². The highest BCUT2D eigenvalue weighted by Gasteiger charge is 2.08. The quantitative estimate of drug-likeness (QED) is 0.786. The molecule has 0 heterocycles. The number of fused-ring (bicyclic) bond motifs is 1. The summed E-state index contributed by atoms with van der Waals surface area (Å²) in [6.45, 7) is 5.92. The molecule has 0 spiro atoms. The molecule has 0 radical (unpaired) electrons. The first kappa shape index (κ1) is 12.4. The minimum atomic E-state index is 0.305. The Labute approximate surface area is 96.5 Å². The van der Waals surface area contributed by atoms with Crippen LogP contribution < -0.4 is 4.74 Å². The van der Waals surface area contributed by atoms with Gasteiger partial charge in [-0.25, -0.2) is 0 Å². The van der Waals surface area contributed by atoms with Crippen LogP contribution in [0.5, 0.6) is 11.5 Å². The lowest BCUT2D eigenvalue weighted by Crippen LogP contribution is -1.88. The summed E-state index contributed by atoms with van der Waals surface area (Å²) in [5.41, 5.74) is 0.948. The van der Waals surface area contributed by atoms with Gasteiger partial charge in [-0.1, -0.05) is 38.1 Å². The van der Waals surface area contributed by atoms with E-state index in [1.54, 1.807) is 13.2 Å². The van der Waals surface area contributed by atoms with Gasteiger partial charge < -0.3 is 9.84 Å². The molecule has 0 amide bonds. The van der Waals surface area contributed by atoms with E-state index >= 15 is 0 Å². The number of aromatic hydroxyl groups is 1. The number of methoxy groups -OCH3 is 1. The normalized spacial score (nSPS) is 9.50. The third-order valence-electron chi connectivity index (χ3n) is 2.36. The van der Waals surface area contributed by atoms with E-state index in [1.807, 2.05) is 45.0 Å². The van der Waals surface area contributed by atoms with Crippen LogP contribution in [0.4, 0.5) is 0 Å². The fourth-order valence-corrected chi connectivity index (χ4v) is 1.74. The predicted octanol–water partition coefficient (Wildman–Crippen LogP) is 3.89. The van der Waals surface area contributed by atoms with Gasteiger partial charge in [0.25, 0.3) is 0 Å². The van der Waals surface area contributed by atoms with Crippen LogP contribution in [0.3, 0.4) is 0 Å². The van der Waals surface area contributed by atoms with Crippen LogP contribution in [0, 0.1) is 6.92 Å². The molecule has 16 heavy (non-hydrogen) atoms. The maximum atomic E-state index is 9.72. The van der Waals surface area contributed by atoms with Gasteiger partial charge in [-0.3, -0.25) is 0 Å². The molecule has 0 aliphatic rings. The molecule has 0 bridgehead atoms. The summed E-state index contributed by atoms with van der Waals surface area (Å²) >= 11 is 0. The second kappa shape index (κ2) is 5.40. The Morgan fingerprint density at radius 1 is 1.06 bits per heavy atom. The summed E-state index contributed by atoms with van der Waals surface area (Å²) in [4.78, 5) is 0. The van der Waals surface area contributed by atoms with E-state index in [-0.39, 0.29) is 0 Å². The summed E-state index contributed by atoms with van der Waals surface area (Å²) in [5.74, 6) is 1.14. The smallest absolute Gasteiger partial charge is 0.129 e. The monoisotopic (exact) mass is 218 g/mol. The number of aryl methyl sites for hydroxylation is 1. The molecule has 1 N–H and O–H groups in total. The SMILES string of the molecule is CC.COc1c(C)cc(O)c2ccccc12. The van der Waals surface area contributed by atoms with Crippen molar-refractivity contribution in [2.45, 2.75) is 20.8 Å². The molecule has 0 saturated carbocycles. The Morgan fingerprint density at radius 3 is 2.19 bits per heavy atom. The van der Waals surface area contributed by atoms with Crippen molar-refractivity contribution in [3.05, 3.63) is 35.9 Å². The molecule has 0 aliphatic heterocycles. The van der Waals surface area contributed by atoms with Gasteiger partial charge in [-0.2, -0.15) is 0 Å². The molecule has 2 heteroatoms. The van der Waals surface area contributed by atoms with Crippen LogP contribution in [0.15, 0.2) is 30.3 Å². The second-order valence-electron chi connectivity index (χ2n) is 3.29. The maximum absolute atomic E-state index is 9.72. The van der Waals surface area contributed by atoms with Gasteiger partial charge in [0, 0.05) is 10.8 Å². The van der Waals surface area contributed by atoms with E-state index in [2.05, 4.69) is 0 Å². The third kappa shape index (κ3) is 2.11. The highest BCUT2D eigenvalue weighted by Crippen LogP contribution is 2.35. The molecular formula is C14H18O2. The molecule has 2 aromatic carbocycles. The average Bonchev–Trinajstić information content (AvgIpc) is 2.32. The van der Waals surface area contributed by atoms with Crippen molar-refractivity contribution < 1.29 is 9.84 Å². The van der Waals surface area contributed by atoms with Crippen LogP contribution in [-0.2, 0) is 0 Å². The van der Waals surface area contributed by atoms with Crippen LogP contribution in [0.2, 0.25) is 0 Å². The van der Waals surface area contributed by atoms with E-state index < -0.39 is 0 Å². The molecule has 86 valence electrons. The Kier molecular flexibility index (Phi) is 4.18. The van der Waals surface area contributed by atoms with Crippen LogP contribution in [0.25, 0.3) is 10.8 Å². The highest BCUT2D eigenvalue weighted by molar-refractivity contribution is 5.94. The molecular weight excluding hydrogens is 200 g/mol. The average molecular weight is 218 g/mol. The van der Waals surface area contributed by atoms with Gasteiger partial charge in [-0.15, -0.1) is 0 Å². The predicted molar refractivity (Wildman–Crippen MR) is 68.2 cm³/mol. The minimum absolute atomic E-state index is 0.305. The second-order valence-corrected chi connectivity index (χ2v) is 3.29. The summed E-state index contributed by atoms with van der Waals surface area (Å²) < 4.78 is 5.30. The largest absolute Gasteiger partial charge is 0.507 e. The Morgan fingerprint density at radius 2 is 1.62 bits per heavy atom. The zero-order chi connectivity index (χ0) is 12.1. The van der Waals surface area contributed by atoms with Gasteiger partial charge in [0.1, 0.15) is 11.5 Å². The van der Waals surface area contributed by atoms with Crippen LogP contribution in [-0.4, -0.2) is 12.2 Å². The van der Waals surface area contributed by atoms with Gasteiger partial charge in [0.15, 0.2) is 0 Å². The van der Waals surface area contributed by atoms with E-state index in [1.165, 1.54) is 0 Å². The Bertz CT molecular complexity index is 475. The van der Waals surface area contributed by atoms with Crippen molar-refractivity contribution in [2.24, 2.45) is 0 Å². The van der Waals surface area contributed by atoms with Crippen molar-refractivity contribution >= 4 is 10.8 Å². The van der Waals surface area contributed by atoms with Gasteiger partial charge in [0.2, 0.25) is 0 Å². The number of ether oxygens (including phenoxy) is 1. The van der Waals surface area contributed by atoms with Gasteiger partial charge in [0.05, 0.1) is 7.11 Å². The molecule has 0 fully saturated rings. The first-order valence-electron chi connectivity index (χ1n) is 5.49. The van der Waals surface area contributed by atoms with Crippen LogP contribution in [0.1, 0.15) is 19.4 Å². The van der Waals surface area contributed by atoms with E-state index in [0.717, 1.165) is 22.1 Å². The summed E-state index contributed by atoms with van der Waals surface area (Å²) in [6.07, 6.45) is 0. The molecule has 0 atom stereocenters. The third-order valence-corrected chi connectivity index (χ3v) is 2.36. The molecule has 0 saturated heterocycles. The Hall–Kier alpha value is -1.70. The number of rotatable bonds is 1. The highest BCUT2D eigenvalue weighted by atomic mass is 16.5. The first-order valence-corrected chi connectivity index (χ1v) is 5.49. The Balaban J connectivity index is 0.000000606. The van der Waals surface area contributed by atoms with E-state index in [9.17, 15) is 5.11 Å². The van der Waals surface area contributed by atoms with Crippen molar-refractivity contribution in [1.29, 1.82) is 0 Å². The lowest BCUT2D eigenvalue weighted by Gasteiger charge is -2.09. The van der Waals surface area contributed by atoms with E-state index in [0.29, 0.717) is 5.75 Å². The van der Waals surface area contributed by atoms with Gasteiger partial charge >= 0.3 is 0 Å². The minimum Gasteiger partial charge on any atom is -0.507 e. The maximum Gasteiger partial charge on any atom is 0.129 e. The molecule has 2 rings (SSSR count). The first-order chi connectivity index (χ1) is 7.74. The van der Waals surface area contributed by atoms with Crippen molar-refractivity contribution in [3.8, 4) is 11.5 Å². The fraction of sp³-hybridized carbons (Fsp3) is 0.286. The van der Waals surface area contributed by atoms with Gasteiger partial charge in [-0.05, 0) is 18.6 Å². The number of hydrogen-bond donors (Lipinski definition) is 1. The number of phenols is 1. The number of hydrogen-bond acceptors (Lipinski definition) is 2. The van der Waals surface area contributed by atoms with E-state index in [4.69, 9.17) is 4.74 Å².